The van der Waals surface area contributed by atoms with E-state index in [1.165, 1.54) is 0 Å². The number of hydrogen-bond donors (Lipinski definition) is 2. The quantitative estimate of drug-likeness (QED) is 0.901. The molecular formula is C14H14BrN3O2. The molecule has 104 valence electrons. The van der Waals surface area contributed by atoms with Crippen LogP contribution in [-0.2, 0) is 6.54 Å². The summed E-state index contributed by atoms with van der Waals surface area (Å²) >= 11 is 3.38. The third-order valence-corrected chi connectivity index (χ3v) is 3.29. The first-order chi connectivity index (χ1) is 9.69. The van der Waals surface area contributed by atoms with Gasteiger partial charge in [0.25, 0.3) is 0 Å². The number of carbonyl (C=O) groups is 1. The predicted octanol–water partition coefficient (Wildman–Crippen LogP) is 3.17. The number of benzene rings is 1. The molecule has 1 aromatic heterocycles. The second-order valence-electron chi connectivity index (χ2n) is 4.01. The van der Waals surface area contributed by atoms with Gasteiger partial charge in [0, 0.05) is 29.5 Å². The minimum absolute atomic E-state index is 0.289. The van der Waals surface area contributed by atoms with Crippen molar-refractivity contribution in [2.75, 3.05) is 12.4 Å². The van der Waals surface area contributed by atoms with Crippen molar-refractivity contribution >= 4 is 27.6 Å². The van der Waals surface area contributed by atoms with Gasteiger partial charge in [0.2, 0.25) is 0 Å². The fraction of sp³-hybridized carbons (Fsp3) is 0.143. The molecule has 2 N–H and O–H groups in total. The van der Waals surface area contributed by atoms with Gasteiger partial charge in [-0.1, -0.05) is 6.07 Å². The lowest BCUT2D eigenvalue weighted by Crippen LogP contribution is -2.28. The number of aromatic nitrogens is 1. The number of anilines is 1. The molecule has 1 heterocycles. The van der Waals surface area contributed by atoms with Crippen LogP contribution in [-0.4, -0.2) is 18.1 Å². The fourth-order valence-electron chi connectivity index (χ4n) is 1.58. The van der Waals surface area contributed by atoms with E-state index in [4.69, 9.17) is 4.74 Å². The Labute approximate surface area is 125 Å². The van der Waals surface area contributed by atoms with Gasteiger partial charge in [-0.2, -0.15) is 0 Å². The van der Waals surface area contributed by atoms with E-state index < -0.39 is 0 Å². The second kappa shape index (κ2) is 6.91. The smallest absolute Gasteiger partial charge is 0.319 e. The molecule has 0 saturated carbocycles. The number of methoxy groups -OCH3 is 1. The molecule has 0 aliphatic rings. The first-order valence-electron chi connectivity index (χ1n) is 5.96. The summed E-state index contributed by atoms with van der Waals surface area (Å²) < 4.78 is 5.91. The van der Waals surface area contributed by atoms with E-state index in [9.17, 15) is 4.79 Å². The number of pyridine rings is 1. The van der Waals surface area contributed by atoms with Crippen LogP contribution in [0.15, 0.2) is 47.2 Å². The summed E-state index contributed by atoms with van der Waals surface area (Å²) in [6, 6.07) is 8.80. The Morgan fingerprint density at radius 2 is 2.25 bits per heavy atom. The lowest BCUT2D eigenvalue weighted by Gasteiger charge is -2.10. The van der Waals surface area contributed by atoms with Gasteiger partial charge in [-0.25, -0.2) is 4.79 Å². The number of urea groups is 1. The van der Waals surface area contributed by atoms with Crippen LogP contribution >= 0.6 is 15.9 Å². The lowest BCUT2D eigenvalue weighted by molar-refractivity contribution is 0.251. The topological polar surface area (TPSA) is 63.2 Å². The third kappa shape index (κ3) is 3.96. The molecule has 0 aliphatic carbocycles. The number of nitrogens with zero attached hydrogens (tertiary/aromatic N) is 1. The molecule has 5 nitrogen and oxygen atoms in total. The van der Waals surface area contributed by atoms with Crippen molar-refractivity contribution in [3.05, 3.63) is 52.8 Å². The van der Waals surface area contributed by atoms with Crippen LogP contribution in [0.5, 0.6) is 5.75 Å². The molecule has 6 heteroatoms. The zero-order chi connectivity index (χ0) is 14.4. The van der Waals surface area contributed by atoms with Gasteiger partial charge in [-0.15, -0.1) is 0 Å². The minimum Gasteiger partial charge on any atom is -0.497 e. The van der Waals surface area contributed by atoms with Crippen LogP contribution in [0.1, 0.15) is 5.56 Å². The van der Waals surface area contributed by atoms with Crippen molar-refractivity contribution in [2.24, 2.45) is 0 Å². The van der Waals surface area contributed by atoms with E-state index in [2.05, 4.69) is 31.5 Å². The molecule has 0 fully saturated rings. The van der Waals surface area contributed by atoms with Gasteiger partial charge in [0.05, 0.1) is 12.8 Å². The Hall–Kier alpha value is -2.08. The van der Waals surface area contributed by atoms with Gasteiger partial charge in [0.15, 0.2) is 0 Å². The highest BCUT2D eigenvalue weighted by Crippen LogP contribution is 2.26. The van der Waals surface area contributed by atoms with Crippen LogP contribution in [0, 0.1) is 0 Å². The van der Waals surface area contributed by atoms with Crippen molar-refractivity contribution in [3.63, 3.8) is 0 Å². The van der Waals surface area contributed by atoms with Gasteiger partial charge < -0.3 is 15.4 Å². The molecule has 0 atom stereocenters. The molecular weight excluding hydrogens is 322 g/mol. The van der Waals surface area contributed by atoms with Gasteiger partial charge in [0.1, 0.15) is 5.75 Å². The van der Waals surface area contributed by atoms with Gasteiger partial charge in [-0.05, 0) is 39.7 Å². The molecule has 2 aromatic rings. The number of amides is 2. The Morgan fingerprint density at radius 3 is 2.95 bits per heavy atom. The average molecular weight is 336 g/mol. The van der Waals surface area contributed by atoms with E-state index >= 15 is 0 Å². The highest BCUT2D eigenvalue weighted by molar-refractivity contribution is 9.10. The maximum atomic E-state index is 11.8. The van der Waals surface area contributed by atoms with Gasteiger partial charge >= 0.3 is 6.03 Å². The minimum atomic E-state index is -0.289. The molecule has 0 unspecified atom stereocenters. The molecule has 0 radical (unpaired) electrons. The monoisotopic (exact) mass is 335 g/mol. The lowest BCUT2D eigenvalue weighted by atomic mass is 10.3. The van der Waals surface area contributed by atoms with Crippen molar-refractivity contribution in [2.45, 2.75) is 6.54 Å². The maximum absolute atomic E-state index is 11.8. The number of carbonyl (C=O) groups excluding carboxylic acids is 1. The normalized spacial score (nSPS) is 9.90. The summed E-state index contributed by atoms with van der Waals surface area (Å²) in [6.07, 6.45) is 3.40. The molecule has 0 saturated heterocycles. The summed E-state index contributed by atoms with van der Waals surface area (Å²) in [7, 11) is 1.58. The molecule has 0 aliphatic heterocycles. The Balaban J connectivity index is 1.94. The van der Waals surface area contributed by atoms with E-state index in [0.717, 1.165) is 10.0 Å². The van der Waals surface area contributed by atoms with Crippen LogP contribution in [0.2, 0.25) is 0 Å². The van der Waals surface area contributed by atoms with Crippen molar-refractivity contribution in [3.8, 4) is 5.75 Å². The predicted molar refractivity (Wildman–Crippen MR) is 80.8 cm³/mol. The standard InChI is InChI=1S/C14H14BrN3O2/c1-20-11-4-5-12(15)13(7-11)18-14(19)17-9-10-3-2-6-16-8-10/h2-8H,9H2,1H3,(H2,17,18,19). The largest absolute Gasteiger partial charge is 0.497 e. The number of rotatable bonds is 4. The fourth-order valence-corrected chi connectivity index (χ4v) is 1.92. The summed E-state index contributed by atoms with van der Waals surface area (Å²) in [5, 5.41) is 5.52. The molecule has 0 spiro atoms. The maximum Gasteiger partial charge on any atom is 0.319 e. The third-order valence-electron chi connectivity index (χ3n) is 2.60. The second-order valence-corrected chi connectivity index (χ2v) is 4.87. The summed E-state index contributed by atoms with van der Waals surface area (Å²) in [5.74, 6) is 0.677. The Bertz CT molecular complexity index is 590. The highest BCUT2D eigenvalue weighted by atomic mass is 79.9. The molecule has 2 rings (SSSR count). The van der Waals surface area contributed by atoms with E-state index in [1.54, 1.807) is 25.6 Å². The van der Waals surface area contributed by atoms with Crippen LogP contribution in [0.3, 0.4) is 0 Å². The summed E-state index contributed by atoms with van der Waals surface area (Å²) in [5.41, 5.74) is 1.58. The SMILES string of the molecule is COc1ccc(Br)c(NC(=O)NCc2cccnc2)c1. The molecule has 1 aromatic carbocycles. The van der Waals surface area contributed by atoms with Crippen molar-refractivity contribution in [1.82, 2.24) is 10.3 Å². The average Bonchev–Trinajstić information content (AvgIpc) is 2.48. The molecule has 0 bridgehead atoms. The first-order valence-corrected chi connectivity index (χ1v) is 6.75. The first kappa shape index (κ1) is 14.3. The number of nitrogens with one attached hydrogen (secondary N) is 2. The Morgan fingerprint density at radius 1 is 1.40 bits per heavy atom. The number of hydrogen-bond acceptors (Lipinski definition) is 3. The van der Waals surface area contributed by atoms with Crippen LogP contribution in [0.4, 0.5) is 10.5 Å². The number of halogens is 1. The summed E-state index contributed by atoms with van der Waals surface area (Å²) in [6.45, 7) is 0.418. The van der Waals surface area contributed by atoms with E-state index in [1.807, 2.05) is 24.3 Å². The van der Waals surface area contributed by atoms with Crippen molar-refractivity contribution in [1.29, 1.82) is 0 Å². The van der Waals surface area contributed by atoms with Crippen LogP contribution < -0.4 is 15.4 Å². The van der Waals surface area contributed by atoms with E-state index in [-0.39, 0.29) is 6.03 Å². The molecule has 20 heavy (non-hydrogen) atoms. The van der Waals surface area contributed by atoms with Crippen LogP contribution in [0.25, 0.3) is 0 Å². The zero-order valence-electron chi connectivity index (χ0n) is 10.9. The zero-order valence-corrected chi connectivity index (χ0v) is 12.5. The number of ether oxygens (including phenoxy) is 1. The van der Waals surface area contributed by atoms with Gasteiger partial charge in [-0.3, -0.25) is 4.98 Å². The van der Waals surface area contributed by atoms with E-state index in [0.29, 0.717) is 18.0 Å². The molecule has 2 amide bonds. The highest BCUT2D eigenvalue weighted by Gasteiger charge is 2.06. The van der Waals surface area contributed by atoms with Crippen molar-refractivity contribution < 1.29 is 9.53 Å². The Kier molecular flexibility index (Phi) is 4.95. The summed E-state index contributed by atoms with van der Waals surface area (Å²) in [4.78, 5) is 15.8.